The summed E-state index contributed by atoms with van der Waals surface area (Å²) in [5.41, 5.74) is 12.7. The number of nitrogens with one attached hydrogen (secondary N) is 1. The number of aromatic nitrogens is 3. The van der Waals surface area contributed by atoms with Crippen molar-refractivity contribution in [2.45, 2.75) is 44.8 Å². The third-order valence-corrected chi connectivity index (χ3v) is 6.07. The molecule has 5 N–H and O–H groups in total. The van der Waals surface area contributed by atoms with Gasteiger partial charge in [-0.1, -0.05) is 0 Å². The van der Waals surface area contributed by atoms with Gasteiger partial charge in [-0.2, -0.15) is 9.97 Å². The lowest BCUT2D eigenvalue weighted by Crippen LogP contribution is -2.40. The predicted molar refractivity (Wildman–Crippen MR) is 141 cm³/mol. The van der Waals surface area contributed by atoms with E-state index in [2.05, 4.69) is 25.2 Å². The van der Waals surface area contributed by atoms with Gasteiger partial charge in [-0.15, -0.1) is 0 Å². The number of carbonyl (C=O) groups excluding carboxylic acids is 2. The van der Waals surface area contributed by atoms with Gasteiger partial charge in [-0.25, -0.2) is 4.98 Å². The van der Waals surface area contributed by atoms with Gasteiger partial charge >= 0.3 is 6.01 Å². The van der Waals surface area contributed by atoms with E-state index in [9.17, 15) is 9.59 Å². The normalized spacial score (nSPS) is 15.9. The molecule has 1 aliphatic rings. The van der Waals surface area contributed by atoms with Gasteiger partial charge in [0.2, 0.25) is 0 Å². The molecular weight excluding hydrogens is 476 g/mol. The maximum Gasteiger partial charge on any atom is 0.319 e. The number of nitrogens with zero attached hydrogens (tertiary/aromatic N) is 5. The molecule has 12 heteroatoms. The first-order valence-electron chi connectivity index (χ1n) is 12.4. The van der Waals surface area contributed by atoms with E-state index in [0.29, 0.717) is 32.1 Å². The topological polar surface area (TPSA) is 162 Å². The monoisotopic (exact) mass is 514 g/mol. The van der Waals surface area contributed by atoms with Crippen LogP contribution in [0.25, 0.3) is 0 Å². The highest BCUT2D eigenvalue weighted by atomic mass is 16.5. The van der Waals surface area contributed by atoms with Gasteiger partial charge in [0.25, 0.3) is 11.8 Å². The fourth-order valence-electron chi connectivity index (χ4n) is 4.40. The third kappa shape index (κ3) is 7.73. The Labute approximate surface area is 217 Å². The number of carbonyl (C=O) groups is 2. The molecular formula is C25H38N8O4. The molecule has 3 heterocycles. The highest BCUT2D eigenvalue weighted by Gasteiger charge is 2.26. The van der Waals surface area contributed by atoms with E-state index in [1.54, 1.807) is 19.2 Å². The van der Waals surface area contributed by atoms with E-state index in [4.69, 9.17) is 20.9 Å². The van der Waals surface area contributed by atoms with Crippen LogP contribution in [0.15, 0.2) is 18.2 Å². The Morgan fingerprint density at radius 3 is 2.51 bits per heavy atom. The lowest BCUT2D eigenvalue weighted by molar-refractivity contribution is 0.0841. The molecule has 0 spiro atoms. The van der Waals surface area contributed by atoms with E-state index >= 15 is 0 Å². The SMILES string of the molecule is COC[C@@H](C)Oc1nc(C(=O)N[C@H](C)CN(C)C)cc(N2CCC(c3ccc(N)c(C(N)=O)n3)CC2)n1. The summed E-state index contributed by atoms with van der Waals surface area (Å²) in [6, 6.07) is 5.27. The summed E-state index contributed by atoms with van der Waals surface area (Å²) in [5, 5.41) is 2.98. The zero-order valence-corrected chi connectivity index (χ0v) is 22.2. The molecule has 2 aromatic heterocycles. The van der Waals surface area contributed by atoms with Gasteiger partial charge in [-0.3, -0.25) is 9.59 Å². The summed E-state index contributed by atoms with van der Waals surface area (Å²) in [6.07, 6.45) is 1.26. The van der Waals surface area contributed by atoms with Crippen LogP contribution in [0.4, 0.5) is 11.5 Å². The van der Waals surface area contributed by atoms with Crippen LogP contribution >= 0.6 is 0 Å². The standard InChI is InChI=1S/C25H38N8O4/c1-15(13-32(3)4)28-24(35)20-12-21(31-25(30-20)37-16(2)14-36-5)33-10-8-17(9-11-33)19-7-6-18(26)22(29-19)23(27)34/h6-7,12,15-17H,8-11,13-14,26H2,1-5H3,(H2,27,34)(H,28,35)/t15-,16-/m1/s1. The summed E-state index contributed by atoms with van der Waals surface area (Å²) in [6.45, 7) is 6.20. The number of likely N-dealkylation sites (N-methyl/N-ethyl adjacent to an activating group) is 1. The minimum Gasteiger partial charge on any atom is -0.458 e. The van der Waals surface area contributed by atoms with Gasteiger partial charge < -0.3 is 36.1 Å². The molecule has 0 aromatic carbocycles. The van der Waals surface area contributed by atoms with Crippen LogP contribution in [-0.4, -0.2) is 91.3 Å². The van der Waals surface area contributed by atoms with Gasteiger partial charge in [-0.05, 0) is 52.9 Å². The largest absolute Gasteiger partial charge is 0.458 e. The Kier molecular flexibility index (Phi) is 9.59. The molecule has 12 nitrogen and oxygen atoms in total. The number of hydrogen-bond acceptors (Lipinski definition) is 10. The molecule has 0 radical (unpaired) electrons. The number of anilines is 2. The van der Waals surface area contributed by atoms with Crippen molar-refractivity contribution >= 4 is 23.3 Å². The highest BCUT2D eigenvalue weighted by molar-refractivity contribution is 5.95. The number of primary amides is 1. The summed E-state index contributed by atoms with van der Waals surface area (Å²) in [7, 11) is 5.49. The van der Waals surface area contributed by atoms with E-state index in [1.807, 2.05) is 38.9 Å². The number of pyridine rings is 1. The van der Waals surface area contributed by atoms with Crippen LogP contribution in [0.1, 0.15) is 59.3 Å². The minimum absolute atomic E-state index is 0.0638. The maximum atomic E-state index is 13.0. The summed E-state index contributed by atoms with van der Waals surface area (Å²) >= 11 is 0. The number of ether oxygens (including phenoxy) is 2. The number of nitrogen functional groups attached to an aromatic ring is 1. The molecule has 1 saturated heterocycles. The van der Waals surface area contributed by atoms with Crippen LogP contribution in [0.3, 0.4) is 0 Å². The van der Waals surface area contributed by atoms with Crippen molar-refractivity contribution in [2.24, 2.45) is 5.73 Å². The first-order chi connectivity index (χ1) is 17.6. The lowest BCUT2D eigenvalue weighted by Gasteiger charge is -2.33. The molecule has 202 valence electrons. The van der Waals surface area contributed by atoms with E-state index in [-0.39, 0.29) is 47.1 Å². The molecule has 37 heavy (non-hydrogen) atoms. The molecule has 2 atom stereocenters. The van der Waals surface area contributed by atoms with Crippen molar-refractivity contribution in [3.63, 3.8) is 0 Å². The second-order valence-corrected chi connectivity index (χ2v) is 9.71. The molecule has 0 aliphatic carbocycles. The molecule has 2 aromatic rings. The summed E-state index contributed by atoms with van der Waals surface area (Å²) in [5.74, 6) is -0.175. The molecule has 3 rings (SSSR count). The van der Waals surface area contributed by atoms with E-state index < -0.39 is 5.91 Å². The first-order valence-corrected chi connectivity index (χ1v) is 12.4. The van der Waals surface area contributed by atoms with Crippen LogP contribution in [-0.2, 0) is 4.74 Å². The predicted octanol–water partition coefficient (Wildman–Crippen LogP) is 1.03. The van der Waals surface area contributed by atoms with E-state index in [1.165, 1.54) is 0 Å². The van der Waals surface area contributed by atoms with Crippen LogP contribution in [0, 0.1) is 0 Å². The second kappa shape index (κ2) is 12.6. The van der Waals surface area contributed by atoms with Crippen molar-refractivity contribution in [2.75, 3.05) is 58.1 Å². The smallest absolute Gasteiger partial charge is 0.319 e. The van der Waals surface area contributed by atoms with E-state index in [0.717, 1.165) is 18.5 Å². The Bertz CT molecular complexity index is 1090. The second-order valence-electron chi connectivity index (χ2n) is 9.71. The number of nitrogens with two attached hydrogens (primary N) is 2. The Hall–Kier alpha value is -3.51. The van der Waals surface area contributed by atoms with Crippen molar-refractivity contribution in [1.29, 1.82) is 0 Å². The average Bonchev–Trinajstić information content (AvgIpc) is 2.83. The Morgan fingerprint density at radius 1 is 1.19 bits per heavy atom. The Morgan fingerprint density at radius 2 is 1.89 bits per heavy atom. The highest BCUT2D eigenvalue weighted by Crippen LogP contribution is 2.30. The number of methoxy groups -OCH3 is 1. The van der Waals surface area contributed by atoms with Gasteiger partial charge in [0.15, 0.2) is 5.69 Å². The van der Waals surface area contributed by atoms with Gasteiger partial charge in [0, 0.05) is 50.5 Å². The van der Waals surface area contributed by atoms with Crippen LogP contribution in [0.5, 0.6) is 6.01 Å². The fraction of sp³-hybridized carbons (Fsp3) is 0.560. The molecule has 1 fully saturated rings. The van der Waals surface area contributed by atoms with Gasteiger partial charge in [0.1, 0.15) is 17.6 Å². The summed E-state index contributed by atoms with van der Waals surface area (Å²) in [4.78, 5) is 42.1. The number of rotatable bonds is 11. The minimum atomic E-state index is -0.640. The van der Waals surface area contributed by atoms with Crippen molar-refractivity contribution in [3.05, 3.63) is 35.3 Å². The Balaban J connectivity index is 1.78. The molecule has 0 bridgehead atoms. The van der Waals surface area contributed by atoms with Crippen LogP contribution in [0.2, 0.25) is 0 Å². The molecule has 0 saturated carbocycles. The number of piperidine rings is 1. The van der Waals surface area contributed by atoms with Gasteiger partial charge in [0.05, 0.1) is 12.3 Å². The average molecular weight is 515 g/mol. The molecule has 2 amide bonds. The zero-order chi connectivity index (χ0) is 27.1. The third-order valence-electron chi connectivity index (χ3n) is 6.07. The quantitative estimate of drug-likeness (QED) is 0.395. The summed E-state index contributed by atoms with van der Waals surface area (Å²) < 4.78 is 11.0. The molecule has 1 aliphatic heterocycles. The number of amides is 2. The van der Waals surface area contributed by atoms with Crippen molar-refractivity contribution < 1.29 is 19.1 Å². The number of hydrogen-bond donors (Lipinski definition) is 3. The van der Waals surface area contributed by atoms with Crippen LogP contribution < -0.4 is 26.4 Å². The lowest BCUT2D eigenvalue weighted by atomic mass is 9.92. The maximum absolute atomic E-state index is 13.0. The van der Waals surface area contributed by atoms with Crippen molar-refractivity contribution in [1.82, 2.24) is 25.2 Å². The zero-order valence-electron chi connectivity index (χ0n) is 22.2. The fourth-order valence-corrected chi connectivity index (χ4v) is 4.40. The molecule has 0 unspecified atom stereocenters. The first kappa shape index (κ1) is 28.1. The van der Waals surface area contributed by atoms with Crippen molar-refractivity contribution in [3.8, 4) is 6.01 Å².